The van der Waals surface area contributed by atoms with Crippen LogP contribution >= 0.6 is 12.4 Å². The second-order valence-electron chi connectivity index (χ2n) is 5.99. The molecule has 1 heterocycles. The third kappa shape index (κ3) is 5.64. The van der Waals surface area contributed by atoms with Crippen LogP contribution in [0.1, 0.15) is 26.2 Å². The molecule has 0 amide bonds. The molecule has 0 saturated carbocycles. The second-order valence-corrected chi connectivity index (χ2v) is 10.2. The number of halogens is 1. The highest BCUT2D eigenvalue weighted by molar-refractivity contribution is 7.91. The van der Waals surface area contributed by atoms with Crippen LogP contribution in [0.15, 0.2) is 34.1 Å². The third-order valence-corrected chi connectivity index (χ3v) is 7.91. The summed E-state index contributed by atoms with van der Waals surface area (Å²) in [5.41, 5.74) is 5.43. The van der Waals surface area contributed by atoms with Gasteiger partial charge in [-0.15, -0.1) is 12.4 Å². The molecular weight excluding hydrogens is 400 g/mol. The SMILES string of the molecule is CCS(=O)(=O)c1cccc(S(=O)(=O)N2CCC(OCCCN)CC2)c1.Cl. The quantitative estimate of drug-likeness (QED) is 0.630. The Bertz CT molecular complexity index is 776. The van der Waals surface area contributed by atoms with Gasteiger partial charge in [0.05, 0.1) is 21.6 Å². The van der Waals surface area contributed by atoms with E-state index in [-0.39, 0.29) is 34.1 Å². The largest absolute Gasteiger partial charge is 0.378 e. The van der Waals surface area contributed by atoms with Gasteiger partial charge >= 0.3 is 0 Å². The van der Waals surface area contributed by atoms with Gasteiger partial charge < -0.3 is 10.5 Å². The molecule has 0 aliphatic carbocycles. The van der Waals surface area contributed by atoms with E-state index in [4.69, 9.17) is 10.5 Å². The maximum absolute atomic E-state index is 12.8. The van der Waals surface area contributed by atoms with Crippen molar-refractivity contribution in [2.75, 3.05) is 32.0 Å². The van der Waals surface area contributed by atoms with Crippen molar-refractivity contribution in [2.45, 2.75) is 42.1 Å². The van der Waals surface area contributed by atoms with Crippen molar-refractivity contribution < 1.29 is 21.6 Å². The van der Waals surface area contributed by atoms with Gasteiger partial charge in [0.15, 0.2) is 9.84 Å². The molecule has 1 aromatic rings. The molecule has 26 heavy (non-hydrogen) atoms. The number of benzene rings is 1. The van der Waals surface area contributed by atoms with Gasteiger partial charge in [-0.1, -0.05) is 13.0 Å². The minimum atomic E-state index is -3.71. The summed E-state index contributed by atoms with van der Waals surface area (Å²) < 4.78 is 56.7. The zero-order valence-electron chi connectivity index (χ0n) is 14.8. The lowest BCUT2D eigenvalue weighted by atomic mass is 10.1. The topological polar surface area (TPSA) is 107 Å². The normalized spacial score (nSPS) is 17.0. The summed E-state index contributed by atoms with van der Waals surface area (Å²) in [5.74, 6) is -0.0674. The maximum Gasteiger partial charge on any atom is 0.243 e. The van der Waals surface area contributed by atoms with Crippen molar-refractivity contribution in [3.63, 3.8) is 0 Å². The average Bonchev–Trinajstić information content (AvgIpc) is 2.62. The number of sulfonamides is 1. The Kier molecular flexibility index (Phi) is 8.98. The minimum Gasteiger partial charge on any atom is -0.378 e. The first-order valence-corrected chi connectivity index (χ1v) is 11.5. The standard InChI is InChI=1S/C16H26N2O5S2.ClH/c1-2-24(19,20)15-5-3-6-16(13-15)25(21,22)18-10-7-14(8-11-18)23-12-4-9-17;/h3,5-6,13-14H,2,4,7-12,17H2,1H3;1H. The van der Waals surface area contributed by atoms with Gasteiger partial charge in [0.1, 0.15) is 0 Å². The molecular formula is C16H27ClN2O5S2. The zero-order valence-corrected chi connectivity index (χ0v) is 17.3. The van der Waals surface area contributed by atoms with Crippen molar-refractivity contribution in [2.24, 2.45) is 5.73 Å². The molecule has 0 radical (unpaired) electrons. The van der Waals surface area contributed by atoms with Crippen LogP contribution < -0.4 is 5.73 Å². The van der Waals surface area contributed by atoms with E-state index in [2.05, 4.69) is 0 Å². The highest BCUT2D eigenvalue weighted by Crippen LogP contribution is 2.24. The molecule has 1 saturated heterocycles. The number of nitrogens with zero attached hydrogens (tertiary/aromatic N) is 1. The lowest BCUT2D eigenvalue weighted by molar-refractivity contribution is 0.0209. The highest BCUT2D eigenvalue weighted by atomic mass is 35.5. The van der Waals surface area contributed by atoms with Crippen molar-refractivity contribution in [1.82, 2.24) is 4.31 Å². The Morgan fingerprint density at radius 2 is 1.77 bits per heavy atom. The maximum atomic E-state index is 12.8. The first kappa shape index (κ1) is 23.3. The van der Waals surface area contributed by atoms with E-state index >= 15 is 0 Å². The van der Waals surface area contributed by atoms with Gasteiger partial charge in [-0.2, -0.15) is 4.31 Å². The van der Waals surface area contributed by atoms with Gasteiger partial charge in [0, 0.05) is 19.7 Å². The summed E-state index contributed by atoms with van der Waals surface area (Å²) in [7, 11) is -7.15. The summed E-state index contributed by atoms with van der Waals surface area (Å²) in [6.07, 6.45) is 2.08. The summed E-state index contributed by atoms with van der Waals surface area (Å²) in [6, 6.07) is 5.58. The number of hydrogen-bond donors (Lipinski definition) is 1. The molecule has 0 bridgehead atoms. The van der Waals surface area contributed by atoms with Crippen molar-refractivity contribution >= 4 is 32.3 Å². The first-order chi connectivity index (χ1) is 11.8. The molecule has 10 heteroatoms. The molecule has 0 spiro atoms. The van der Waals surface area contributed by atoms with Gasteiger partial charge in [-0.05, 0) is 44.0 Å². The van der Waals surface area contributed by atoms with Crippen LogP contribution in [-0.4, -0.2) is 59.2 Å². The number of hydrogen-bond acceptors (Lipinski definition) is 6. The van der Waals surface area contributed by atoms with E-state index in [9.17, 15) is 16.8 Å². The molecule has 0 aromatic heterocycles. The van der Waals surface area contributed by atoms with Gasteiger partial charge in [0.2, 0.25) is 10.0 Å². The van der Waals surface area contributed by atoms with Crippen molar-refractivity contribution in [3.8, 4) is 0 Å². The third-order valence-electron chi connectivity index (χ3n) is 4.29. The van der Waals surface area contributed by atoms with E-state index < -0.39 is 19.9 Å². The predicted octanol–water partition coefficient (Wildman–Crippen LogP) is 1.42. The smallest absolute Gasteiger partial charge is 0.243 e. The molecule has 2 N–H and O–H groups in total. The van der Waals surface area contributed by atoms with Crippen LogP contribution in [0.25, 0.3) is 0 Å². The molecule has 2 rings (SSSR count). The Morgan fingerprint density at radius 3 is 2.35 bits per heavy atom. The predicted molar refractivity (Wildman–Crippen MR) is 103 cm³/mol. The Morgan fingerprint density at radius 1 is 1.15 bits per heavy atom. The highest BCUT2D eigenvalue weighted by Gasteiger charge is 2.30. The molecule has 1 aliphatic heterocycles. The zero-order chi connectivity index (χ0) is 18.5. The van der Waals surface area contributed by atoms with Crippen LogP contribution in [0.4, 0.5) is 0 Å². The van der Waals surface area contributed by atoms with Crippen molar-refractivity contribution in [1.29, 1.82) is 0 Å². The average molecular weight is 427 g/mol. The summed E-state index contributed by atoms with van der Waals surface area (Å²) in [4.78, 5) is 0.0561. The fraction of sp³-hybridized carbons (Fsp3) is 0.625. The van der Waals surface area contributed by atoms with Crippen LogP contribution in [0.5, 0.6) is 0 Å². The van der Waals surface area contributed by atoms with E-state index in [0.29, 0.717) is 39.1 Å². The minimum absolute atomic E-state index is 0. The molecule has 0 atom stereocenters. The Labute approximate surface area is 162 Å². The van der Waals surface area contributed by atoms with Crippen LogP contribution in [-0.2, 0) is 24.6 Å². The summed E-state index contributed by atoms with van der Waals surface area (Å²) in [5, 5.41) is 0. The van der Waals surface area contributed by atoms with E-state index in [1.807, 2.05) is 0 Å². The van der Waals surface area contributed by atoms with Gasteiger partial charge in [-0.25, -0.2) is 16.8 Å². The lowest BCUT2D eigenvalue weighted by Crippen LogP contribution is -2.41. The molecule has 0 unspecified atom stereocenters. The number of ether oxygens (including phenoxy) is 1. The van der Waals surface area contributed by atoms with Gasteiger partial charge in [-0.3, -0.25) is 0 Å². The summed E-state index contributed by atoms with van der Waals surface area (Å²) >= 11 is 0. The van der Waals surface area contributed by atoms with Crippen LogP contribution in [0, 0.1) is 0 Å². The number of rotatable bonds is 8. The van der Waals surface area contributed by atoms with E-state index in [1.54, 1.807) is 0 Å². The Balaban J connectivity index is 0.00000338. The fourth-order valence-corrected chi connectivity index (χ4v) is 5.23. The van der Waals surface area contributed by atoms with Crippen molar-refractivity contribution in [3.05, 3.63) is 24.3 Å². The molecule has 7 nitrogen and oxygen atoms in total. The lowest BCUT2D eigenvalue weighted by Gasteiger charge is -2.31. The molecule has 1 fully saturated rings. The number of sulfone groups is 1. The van der Waals surface area contributed by atoms with E-state index in [1.165, 1.54) is 35.5 Å². The second kappa shape index (κ2) is 10.0. The molecule has 150 valence electrons. The fourth-order valence-electron chi connectivity index (χ4n) is 2.72. The number of nitrogens with two attached hydrogens (primary N) is 1. The summed E-state index contributed by atoms with van der Waals surface area (Å²) in [6.45, 7) is 3.42. The van der Waals surface area contributed by atoms with Crippen LogP contribution in [0.3, 0.4) is 0 Å². The molecule has 1 aromatic carbocycles. The monoisotopic (exact) mass is 426 g/mol. The Hall–Kier alpha value is -0.710. The van der Waals surface area contributed by atoms with E-state index in [0.717, 1.165) is 6.42 Å². The first-order valence-electron chi connectivity index (χ1n) is 8.46. The number of piperidine rings is 1. The molecule has 1 aliphatic rings. The van der Waals surface area contributed by atoms with Crippen LogP contribution in [0.2, 0.25) is 0 Å². The van der Waals surface area contributed by atoms with Gasteiger partial charge in [0.25, 0.3) is 0 Å².